The van der Waals surface area contributed by atoms with Gasteiger partial charge in [0.05, 0.1) is 29.1 Å². The third-order valence-corrected chi connectivity index (χ3v) is 12.4. The van der Waals surface area contributed by atoms with Gasteiger partial charge in [0.1, 0.15) is 17.2 Å². The van der Waals surface area contributed by atoms with Crippen LogP contribution in [0.3, 0.4) is 0 Å². The van der Waals surface area contributed by atoms with Crippen LogP contribution in [0.2, 0.25) is 0 Å². The van der Waals surface area contributed by atoms with Gasteiger partial charge in [0.15, 0.2) is 17.1 Å². The van der Waals surface area contributed by atoms with Crippen molar-refractivity contribution in [2.45, 2.75) is 63.3 Å². The number of rotatable bonds is 7. The number of hydrogen-bond acceptors (Lipinski definition) is 10. The number of allylic oxidation sites excluding steroid dienone is 4. The number of carbonyl (C=O) groups is 4. The molecule has 4 aliphatic carbocycles. The lowest BCUT2D eigenvalue weighted by Crippen LogP contribution is -2.69. The molecule has 2 aromatic rings. The molecule has 1 amide bonds. The lowest BCUT2D eigenvalue weighted by molar-refractivity contribution is -0.214. The number of phenolic OH excluding ortho intramolecular Hbond substituents is 1. The molecule has 2 N–H and O–H groups in total. The molecule has 0 heterocycles. The molecule has 0 unspecified atom stereocenters. The summed E-state index contributed by atoms with van der Waals surface area (Å²) in [4.78, 5) is 53.6. The van der Waals surface area contributed by atoms with E-state index in [2.05, 4.69) is 0 Å². The van der Waals surface area contributed by atoms with Gasteiger partial charge in [-0.2, -0.15) is 5.26 Å². The number of ketones is 1. The van der Waals surface area contributed by atoms with Gasteiger partial charge >= 0.3 is 5.97 Å². The van der Waals surface area contributed by atoms with Gasteiger partial charge < -0.3 is 24.6 Å². The zero-order chi connectivity index (χ0) is 36.2. The van der Waals surface area contributed by atoms with E-state index in [-0.39, 0.29) is 52.9 Å². The second-order valence-corrected chi connectivity index (χ2v) is 15.2. The monoisotopic (exact) mass is 702 g/mol. The van der Waals surface area contributed by atoms with Gasteiger partial charge in [-0.05, 0) is 93.5 Å². The lowest BCUT2D eigenvalue weighted by atomic mass is 9.45. The van der Waals surface area contributed by atoms with E-state index in [1.807, 2.05) is 6.07 Å². The third-order valence-electron chi connectivity index (χ3n) is 11.6. The number of aromatic hydroxyl groups is 1. The molecule has 2 aromatic carbocycles. The summed E-state index contributed by atoms with van der Waals surface area (Å²) in [6, 6.07) is 12.2. The summed E-state index contributed by atoms with van der Waals surface area (Å²) in [5, 5.41) is 30.9. The van der Waals surface area contributed by atoms with Crippen LogP contribution in [0.15, 0.2) is 66.3 Å². The summed E-state index contributed by atoms with van der Waals surface area (Å²) in [5.74, 6) is -2.35. The number of thioether (sulfide) groups is 1. The van der Waals surface area contributed by atoms with E-state index in [1.165, 1.54) is 59.5 Å². The van der Waals surface area contributed by atoms with E-state index in [0.29, 0.717) is 30.6 Å². The topological polar surface area (TPSA) is 154 Å². The van der Waals surface area contributed by atoms with Crippen LogP contribution in [0.4, 0.5) is 4.39 Å². The minimum atomic E-state index is -2.11. The molecule has 12 heteroatoms. The Hall–Kier alpha value is -4.47. The molecular weight excluding hydrogens is 663 g/mol. The van der Waals surface area contributed by atoms with Crippen LogP contribution in [0.5, 0.6) is 17.2 Å². The maximum Gasteiger partial charge on any atom is 0.339 e. The Bertz CT molecular complexity index is 1870. The Morgan fingerprint density at radius 1 is 1.08 bits per heavy atom. The quantitative estimate of drug-likeness (QED) is 0.332. The van der Waals surface area contributed by atoms with Gasteiger partial charge in [0, 0.05) is 36.9 Å². The molecule has 0 aliphatic heterocycles. The number of hydrogen-bond donors (Lipinski definition) is 2. The van der Waals surface area contributed by atoms with Gasteiger partial charge in [-0.1, -0.05) is 30.3 Å². The number of amides is 1. The molecule has 0 saturated heterocycles. The number of nitrogens with zero attached hydrogens (tertiary/aromatic N) is 2. The second kappa shape index (κ2) is 12.7. The van der Waals surface area contributed by atoms with Crippen LogP contribution < -0.4 is 4.74 Å². The number of nitriles is 1. The Morgan fingerprint density at radius 3 is 2.44 bits per heavy atom. The predicted molar refractivity (Wildman–Crippen MR) is 182 cm³/mol. The number of aliphatic hydroxyl groups is 1. The first kappa shape index (κ1) is 35.4. The van der Waals surface area contributed by atoms with Gasteiger partial charge in [-0.15, -0.1) is 0 Å². The van der Waals surface area contributed by atoms with Gasteiger partial charge in [0.2, 0.25) is 5.12 Å². The molecule has 262 valence electrons. The van der Waals surface area contributed by atoms with Crippen molar-refractivity contribution >= 4 is 34.5 Å². The van der Waals surface area contributed by atoms with Crippen molar-refractivity contribution in [3.05, 3.63) is 77.4 Å². The molecule has 7 atom stereocenters. The normalized spacial score (nSPS) is 32.5. The Kier molecular flexibility index (Phi) is 8.98. The number of ether oxygens (including phenoxy) is 2. The van der Waals surface area contributed by atoms with Crippen molar-refractivity contribution in [1.82, 2.24) is 4.90 Å². The maximum absolute atomic E-state index is 17.6. The van der Waals surface area contributed by atoms with Crippen LogP contribution in [0.25, 0.3) is 0 Å². The summed E-state index contributed by atoms with van der Waals surface area (Å²) in [6.07, 6.45) is 3.95. The largest absolute Gasteiger partial charge is 0.507 e. The van der Waals surface area contributed by atoms with Crippen molar-refractivity contribution in [3.8, 4) is 23.3 Å². The molecule has 0 aromatic heterocycles. The van der Waals surface area contributed by atoms with E-state index in [4.69, 9.17) is 9.47 Å². The molecule has 10 nitrogen and oxygen atoms in total. The second-order valence-electron chi connectivity index (χ2n) is 14.3. The highest BCUT2D eigenvalue weighted by atomic mass is 32.2. The van der Waals surface area contributed by atoms with Crippen LogP contribution in [0.1, 0.15) is 66.7 Å². The number of aliphatic hydroxyl groups excluding tert-OH is 1. The lowest BCUT2D eigenvalue weighted by Gasteiger charge is -2.62. The predicted octanol–water partition coefficient (Wildman–Crippen LogP) is 5.94. The number of esters is 1. The Balaban J connectivity index is 1.27. The van der Waals surface area contributed by atoms with Crippen molar-refractivity contribution in [2.24, 2.45) is 22.7 Å². The fraction of sp³-hybridized carbons (Fsp3) is 0.447. The number of phenols is 1. The summed E-state index contributed by atoms with van der Waals surface area (Å²) in [6.45, 7) is 3.50. The van der Waals surface area contributed by atoms with Crippen LogP contribution in [-0.4, -0.2) is 75.1 Å². The van der Waals surface area contributed by atoms with Crippen LogP contribution >= 0.6 is 11.8 Å². The number of benzene rings is 2. The number of halogens is 1. The molecule has 3 fully saturated rings. The first-order valence-corrected chi connectivity index (χ1v) is 17.5. The number of fused-ring (bicyclic) bond motifs is 5. The SMILES string of the molecule is CN(C)C(=O)c1ccc(Oc2ccc(C(=O)O[C@]3(C(=O)SCC#N)CC[C@H]4[C@@H]5CCC6=CC(=O)C=C[C@]6(C)[C@@]5(F)[C@@H](O)C[C@@]43C)cc2)cc1O. The first-order valence-electron chi connectivity index (χ1n) is 16.5. The van der Waals surface area contributed by atoms with E-state index in [9.17, 15) is 34.7 Å². The molecule has 0 radical (unpaired) electrons. The highest BCUT2D eigenvalue weighted by Gasteiger charge is 2.75. The van der Waals surface area contributed by atoms with Crippen LogP contribution in [-0.2, 0) is 14.3 Å². The van der Waals surface area contributed by atoms with E-state index < -0.39 is 51.1 Å². The summed E-state index contributed by atoms with van der Waals surface area (Å²) in [7, 11) is 3.14. The smallest absolute Gasteiger partial charge is 0.339 e. The van der Waals surface area contributed by atoms with Gasteiger partial charge in [-0.25, -0.2) is 9.18 Å². The van der Waals surface area contributed by atoms with Crippen LogP contribution in [0, 0.1) is 34.0 Å². The minimum Gasteiger partial charge on any atom is -0.507 e. The molecule has 0 bridgehead atoms. The van der Waals surface area contributed by atoms with Gasteiger partial charge in [0.25, 0.3) is 5.91 Å². The fourth-order valence-electron chi connectivity index (χ4n) is 8.97. The van der Waals surface area contributed by atoms with Crippen molar-refractivity contribution in [2.75, 3.05) is 19.8 Å². The average Bonchev–Trinajstić information content (AvgIpc) is 3.36. The highest BCUT2D eigenvalue weighted by molar-refractivity contribution is 8.14. The van der Waals surface area contributed by atoms with Crippen molar-refractivity contribution < 1.29 is 43.3 Å². The van der Waals surface area contributed by atoms with Crippen molar-refractivity contribution in [3.63, 3.8) is 0 Å². The molecule has 6 rings (SSSR count). The molecule has 4 aliphatic rings. The highest BCUT2D eigenvalue weighted by Crippen LogP contribution is 2.70. The van der Waals surface area contributed by atoms with E-state index in [1.54, 1.807) is 34.0 Å². The fourth-order valence-corrected chi connectivity index (χ4v) is 9.77. The standard InChI is InChI=1S/C38H39FN2O8S/c1-35-15-13-24(42)19-23(35)7-12-29-28-14-16-37(34(47)50-18-17-40,36(28,2)21-31(44)38(29,35)39)49-33(46)22-5-8-25(9-6-22)48-26-10-11-27(30(43)20-26)32(45)41(3)4/h5-6,8-11,13,15,19-20,28-29,31,43-44H,7,12,14,16,18,21H2,1-4H3/t28-,29-,31-,35-,36-,37-,38-/m0/s1. The zero-order valence-electron chi connectivity index (χ0n) is 28.3. The van der Waals surface area contributed by atoms with E-state index in [0.717, 1.165) is 11.8 Å². The Morgan fingerprint density at radius 2 is 1.78 bits per heavy atom. The zero-order valence-corrected chi connectivity index (χ0v) is 29.1. The summed E-state index contributed by atoms with van der Waals surface area (Å²) in [5.41, 5.74) is -5.35. The minimum absolute atomic E-state index is 0.0984. The number of alkyl halides is 1. The summed E-state index contributed by atoms with van der Waals surface area (Å²) < 4.78 is 29.7. The summed E-state index contributed by atoms with van der Waals surface area (Å²) >= 11 is 0.746. The average molecular weight is 703 g/mol. The molecular formula is C38H39FN2O8S. The molecule has 3 saturated carbocycles. The molecule has 50 heavy (non-hydrogen) atoms. The Labute approximate surface area is 293 Å². The maximum atomic E-state index is 17.6. The van der Waals surface area contributed by atoms with E-state index >= 15 is 4.39 Å². The number of carbonyl (C=O) groups excluding carboxylic acids is 4. The third kappa shape index (κ3) is 5.33. The van der Waals surface area contributed by atoms with Gasteiger partial charge in [-0.3, -0.25) is 14.4 Å². The van der Waals surface area contributed by atoms with Crippen molar-refractivity contribution in [1.29, 1.82) is 5.26 Å². The first-order chi connectivity index (χ1) is 23.6. The molecule has 0 spiro atoms.